The summed E-state index contributed by atoms with van der Waals surface area (Å²) in [7, 11) is 0. The second-order valence-electron chi connectivity index (χ2n) is 6.42. The Morgan fingerprint density at radius 2 is 1.62 bits per heavy atom. The lowest BCUT2D eigenvalue weighted by Crippen LogP contribution is -2.31. The van der Waals surface area contributed by atoms with Gasteiger partial charge < -0.3 is 14.6 Å². The molecule has 0 aliphatic heterocycles. The molecule has 5 heteroatoms. The molecular weight excluding hydrogens is 364 g/mol. The van der Waals surface area contributed by atoms with Gasteiger partial charge in [0, 0.05) is 13.1 Å². The molecule has 3 aromatic rings. The lowest BCUT2D eigenvalue weighted by atomic mass is 10.0. The summed E-state index contributed by atoms with van der Waals surface area (Å²) in [5.41, 5.74) is 2.16. The minimum absolute atomic E-state index is 0.109. The number of rotatable bonds is 7. The van der Waals surface area contributed by atoms with E-state index in [-0.39, 0.29) is 11.8 Å². The lowest BCUT2D eigenvalue weighted by Gasteiger charge is -2.20. The van der Waals surface area contributed by atoms with E-state index in [2.05, 4.69) is 5.32 Å². The summed E-state index contributed by atoms with van der Waals surface area (Å²) < 4.78 is 5.39. The van der Waals surface area contributed by atoms with Crippen LogP contribution in [0.25, 0.3) is 11.6 Å². The van der Waals surface area contributed by atoms with Crippen molar-refractivity contribution < 1.29 is 14.0 Å². The van der Waals surface area contributed by atoms with Crippen LogP contribution in [0.2, 0.25) is 0 Å². The van der Waals surface area contributed by atoms with E-state index >= 15 is 0 Å². The third-order valence-corrected chi connectivity index (χ3v) is 4.62. The van der Waals surface area contributed by atoms with Crippen molar-refractivity contribution >= 4 is 29.2 Å². The van der Waals surface area contributed by atoms with Crippen molar-refractivity contribution in [2.45, 2.75) is 13.8 Å². The summed E-state index contributed by atoms with van der Waals surface area (Å²) >= 11 is 0. The van der Waals surface area contributed by atoms with E-state index in [1.165, 1.54) is 0 Å². The second-order valence-corrected chi connectivity index (χ2v) is 6.42. The number of hydrogen-bond donors (Lipinski definition) is 1. The minimum Gasteiger partial charge on any atom is -0.465 e. The number of amides is 2. The predicted octanol–water partition coefficient (Wildman–Crippen LogP) is 4.94. The Labute approximate surface area is 170 Å². The van der Waals surface area contributed by atoms with Crippen molar-refractivity contribution in [1.82, 2.24) is 4.90 Å². The first kappa shape index (κ1) is 20.1. The number of anilines is 1. The van der Waals surface area contributed by atoms with Crippen LogP contribution >= 0.6 is 0 Å². The molecule has 0 unspecified atom stereocenters. The molecule has 1 heterocycles. The molecule has 2 amide bonds. The van der Waals surface area contributed by atoms with Crippen LogP contribution in [0.5, 0.6) is 0 Å². The van der Waals surface area contributed by atoms with E-state index in [4.69, 9.17) is 4.42 Å². The van der Waals surface area contributed by atoms with Crippen LogP contribution in [0.4, 0.5) is 5.69 Å². The molecule has 0 radical (unpaired) electrons. The number of para-hydroxylation sites is 1. The van der Waals surface area contributed by atoms with Gasteiger partial charge in [-0.15, -0.1) is 0 Å². The molecule has 1 aromatic heterocycles. The summed E-state index contributed by atoms with van der Waals surface area (Å²) in [6, 6.07) is 20.0. The Morgan fingerprint density at radius 1 is 0.931 bits per heavy atom. The van der Waals surface area contributed by atoms with E-state index < -0.39 is 0 Å². The maximum atomic E-state index is 13.2. The van der Waals surface area contributed by atoms with E-state index in [0.717, 1.165) is 5.56 Å². The highest BCUT2D eigenvalue weighted by molar-refractivity contribution is 6.29. The number of carbonyl (C=O) groups excluding carboxylic acids is 2. The van der Waals surface area contributed by atoms with Gasteiger partial charge in [0.1, 0.15) is 5.76 Å². The zero-order chi connectivity index (χ0) is 20.6. The highest BCUT2D eigenvalue weighted by Crippen LogP contribution is 2.23. The van der Waals surface area contributed by atoms with Crippen LogP contribution < -0.4 is 5.32 Å². The molecular formula is C24H24N2O3. The van der Waals surface area contributed by atoms with Crippen molar-refractivity contribution in [1.29, 1.82) is 0 Å². The van der Waals surface area contributed by atoms with Crippen LogP contribution in [0, 0.1) is 0 Å². The summed E-state index contributed by atoms with van der Waals surface area (Å²) in [6.07, 6.45) is 3.25. The van der Waals surface area contributed by atoms with Gasteiger partial charge in [0.2, 0.25) is 0 Å². The number of nitrogens with one attached hydrogen (secondary N) is 1. The number of nitrogens with zero attached hydrogens (tertiary/aromatic N) is 1. The fourth-order valence-electron chi connectivity index (χ4n) is 3.06. The first-order valence-electron chi connectivity index (χ1n) is 9.64. The van der Waals surface area contributed by atoms with E-state index in [1.54, 1.807) is 53.6 Å². The normalized spacial score (nSPS) is 11.2. The third kappa shape index (κ3) is 4.82. The predicted molar refractivity (Wildman–Crippen MR) is 115 cm³/mol. The van der Waals surface area contributed by atoms with Crippen molar-refractivity contribution in [2.24, 2.45) is 0 Å². The van der Waals surface area contributed by atoms with Gasteiger partial charge in [0.05, 0.1) is 23.1 Å². The summed E-state index contributed by atoms with van der Waals surface area (Å²) in [5.74, 6) is 0.154. The summed E-state index contributed by atoms with van der Waals surface area (Å²) in [5, 5.41) is 2.91. The van der Waals surface area contributed by atoms with Gasteiger partial charge in [-0.2, -0.15) is 0 Å². The van der Waals surface area contributed by atoms with Crippen molar-refractivity contribution in [2.75, 3.05) is 18.4 Å². The van der Waals surface area contributed by atoms with Gasteiger partial charge in [-0.05, 0) is 49.8 Å². The van der Waals surface area contributed by atoms with Gasteiger partial charge in [-0.1, -0.05) is 42.5 Å². The number of furan rings is 1. The fourth-order valence-corrected chi connectivity index (χ4v) is 3.06. The van der Waals surface area contributed by atoms with Gasteiger partial charge in [-0.3, -0.25) is 9.59 Å². The Bertz CT molecular complexity index is 988. The number of hydrogen-bond acceptors (Lipinski definition) is 3. The average molecular weight is 388 g/mol. The zero-order valence-corrected chi connectivity index (χ0v) is 16.6. The molecule has 1 N–H and O–H groups in total. The largest absolute Gasteiger partial charge is 0.465 e. The molecule has 0 aliphatic rings. The van der Waals surface area contributed by atoms with Crippen LogP contribution in [0.15, 0.2) is 77.4 Å². The highest BCUT2D eigenvalue weighted by atomic mass is 16.3. The van der Waals surface area contributed by atoms with Crippen LogP contribution in [-0.4, -0.2) is 29.8 Å². The molecule has 0 aliphatic carbocycles. The summed E-state index contributed by atoms with van der Waals surface area (Å²) in [6.45, 7) is 5.07. The number of benzene rings is 2. The lowest BCUT2D eigenvalue weighted by molar-refractivity contribution is -0.111. The Morgan fingerprint density at radius 3 is 2.28 bits per heavy atom. The van der Waals surface area contributed by atoms with Crippen LogP contribution in [0.3, 0.4) is 0 Å². The maximum Gasteiger partial charge on any atom is 0.256 e. The van der Waals surface area contributed by atoms with Gasteiger partial charge in [0.25, 0.3) is 11.8 Å². The first-order chi connectivity index (χ1) is 14.1. The minimum atomic E-state index is -0.313. The van der Waals surface area contributed by atoms with Crippen LogP contribution in [-0.2, 0) is 4.79 Å². The molecule has 0 bridgehead atoms. The molecule has 148 valence electrons. The van der Waals surface area contributed by atoms with E-state index in [9.17, 15) is 9.59 Å². The molecule has 0 saturated carbocycles. The topological polar surface area (TPSA) is 62.6 Å². The Kier molecular flexibility index (Phi) is 6.63. The maximum absolute atomic E-state index is 13.2. The fraction of sp³-hybridized carbons (Fsp3) is 0.167. The molecule has 5 nitrogen and oxygen atoms in total. The molecule has 0 fully saturated rings. The monoisotopic (exact) mass is 388 g/mol. The van der Waals surface area contributed by atoms with Crippen molar-refractivity contribution in [3.8, 4) is 0 Å². The van der Waals surface area contributed by atoms with E-state index in [1.807, 2.05) is 44.2 Å². The molecule has 0 atom stereocenters. The van der Waals surface area contributed by atoms with Crippen molar-refractivity contribution in [3.63, 3.8) is 0 Å². The van der Waals surface area contributed by atoms with E-state index in [0.29, 0.717) is 35.7 Å². The third-order valence-electron chi connectivity index (χ3n) is 4.62. The summed E-state index contributed by atoms with van der Waals surface area (Å²) in [4.78, 5) is 27.8. The SMILES string of the molecule is CCN(CC)C(=O)c1ccccc1NC(=O)/C(=C/c1ccco1)c1ccccc1. The molecule has 2 aromatic carbocycles. The molecule has 0 spiro atoms. The van der Waals surface area contributed by atoms with Gasteiger partial charge in [-0.25, -0.2) is 0 Å². The van der Waals surface area contributed by atoms with Gasteiger partial charge in [0.15, 0.2) is 0 Å². The molecule has 0 saturated heterocycles. The molecule has 29 heavy (non-hydrogen) atoms. The standard InChI is InChI=1S/C24H24N2O3/c1-3-26(4-2)24(28)20-14-8-9-15-22(20)25-23(27)21(17-19-13-10-16-29-19)18-11-6-5-7-12-18/h5-17H,3-4H2,1-2H3,(H,25,27)/b21-17+. The zero-order valence-electron chi connectivity index (χ0n) is 16.6. The van der Waals surface area contributed by atoms with Gasteiger partial charge >= 0.3 is 0 Å². The average Bonchev–Trinajstić information content (AvgIpc) is 3.27. The Balaban J connectivity index is 1.95. The molecule has 3 rings (SSSR count). The van der Waals surface area contributed by atoms with Crippen LogP contribution in [0.1, 0.15) is 35.5 Å². The number of carbonyl (C=O) groups is 2. The quantitative estimate of drug-likeness (QED) is 0.583. The smallest absolute Gasteiger partial charge is 0.256 e. The van der Waals surface area contributed by atoms with Crippen molar-refractivity contribution in [3.05, 3.63) is 89.9 Å². The second kappa shape index (κ2) is 9.55. The first-order valence-corrected chi connectivity index (χ1v) is 9.64. The highest BCUT2D eigenvalue weighted by Gasteiger charge is 2.19. The Hall–Kier alpha value is -3.60.